The highest BCUT2D eigenvalue weighted by molar-refractivity contribution is 7.98. The van der Waals surface area contributed by atoms with Crippen molar-refractivity contribution >= 4 is 17.7 Å². The zero-order chi connectivity index (χ0) is 20.3. The van der Waals surface area contributed by atoms with Crippen LogP contribution >= 0.6 is 11.8 Å². The van der Waals surface area contributed by atoms with Crippen molar-refractivity contribution in [3.05, 3.63) is 46.9 Å². The number of aromatic nitrogens is 5. The molecule has 0 aliphatic carbocycles. The molecule has 0 radical (unpaired) electrons. The van der Waals surface area contributed by atoms with Gasteiger partial charge in [0.15, 0.2) is 10.9 Å². The number of halogens is 2. The summed E-state index contributed by atoms with van der Waals surface area (Å²) in [4.78, 5) is 19.6. The summed E-state index contributed by atoms with van der Waals surface area (Å²) in [6.07, 6.45) is -2.67. The van der Waals surface area contributed by atoms with E-state index in [0.29, 0.717) is 28.5 Å². The lowest BCUT2D eigenvalue weighted by Gasteiger charge is -2.10. The van der Waals surface area contributed by atoms with Gasteiger partial charge in [0.1, 0.15) is 17.1 Å². The third-order valence-electron chi connectivity index (χ3n) is 3.77. The predicted molar refractivity (Wildman–Crippen MR) is 98.2 cm³/mol. The molecule has 3 rings (SSSR count). The first-order valence-electron chi connectivity index (χ1n) is 8.03. The van der Waals surface area contributed by atoms with Crippen LogP contribution in [-0.4, -0.2) is 38.4 Å². The van der Waals surface area contributed by atoms with Crippen LogP contribution in [0.1, 0.15) is 33.9 Å². The van der Waals surface area contributed by atoms with Crippen LogP contribution in [0.5, 0.6) is 5.75 Å². The summed E-state index contributed by atoms with van der Waals surface area (Å²) in [6, 6.07) is 6.45. The molecular weight excluding hydrogens is 390 g/mol. The number of rotatable bonds is 7. The highest BCUT2D eigenvalue weighted by Crippen LogP contribution is 2.31. The van der Waals surface area contributed by atoms with E-state index in [4.69, 9.17) is 10.5 Å². The van der Waals surface area contributed by atoms with Crippen LogP contribution in [-0.2, 0) is 5.75 Å². The number of ether oxygens (including phenoxy) is 1. The van der Waals surface area contributed by atoms with Crippen molar-refractivity contribution in [2.45, 2.75) is 24.3 Å². The molecule has 0 spiro atoms. The SMILES string of the molecule is COc1ccc(-c2n[nH]nc2C(N)=O)cc1CSc1nc(C)cc(C(F)F)n1. The summed E-state index contributed by atoms with van der Waals surface area (Å²) in [6.45, 7) is 1.63. The topological polar surface area (TPSA) is 120 Å². The van der Waals surface area contributed by atoms with Gasteiger partial charge in [0.25, 0.3) is 12.3 Å². The lowest BCUT2D eigenvalue weighted by molar-refractivity contribution is 0.0996. The average molecular weight is 406 g/mol. The van der Waals surface area contributed by atoms with Crippen LogP contribution in [0.2, 0.25) is 0 Å². The average Bonchev–Trinajstić information content (AvgIpc) is 3.16. The van der Waals surface area contributed by atoms with Gasteiger partial charge in [0, 0.05) is 22.6 Å². The third kappa shape index (κ3) is 4.25. The number of nitrogens with two attached hydrogens (primary N) is 1. The summed E-state index contributed by atoms with van der Waals surface area (Å²) in [7, 11) is 1.52. The molecule has 28 heavy (non-hydrogen) atoms. The Bertz CT molecular complexity index is 1010. The molecule has 2 heterocycles. The number of hydrogen-bond acceptors (Lipinski definition) is 7. The number of nitrogens with one attached hydrogen (secondary N) is 1. The first kappa shape index (κ1) is 19.7. The van der Waals surface area contributed by atoms with Crippen molar-refractivity contribution < 1.29 is 18.3 Å². The number of methoxy groups -OCH3 is 1. The van der Waals surface area contributed by atoms with Crippen LogP contribution in [0, 0.1) is 6.92 Å². The first-order valence-corrected chi connectivity index (χ1v) is 9.02. The molecular formula is C17H16F2N6O2S. The number of aryl methyl sites for hydroxylation is 1. The maximum atomic E-state index is 12.9. The molecule has 0 fully saturated rings. The molecule has 8 nitrogen and oxygen atoms in total. The Morgan fingerprint density at radius 3 is 2.75 bits per heavy atom. The minimum absolute atomic E-state index is 0.0207. The predicted octanol–water partition coefficient (Wildman–Crippen LogP) is 2.91. The van der Waals surface area contributed by atoms with Gasteiger partial charge in [-0.15, -0.1) is 0 Å². The summed E-state index contributed by atoms with van der Waals surface area (Å²) >= 11 is 1.19. The normalized spacial score (nSPS) is 11.0. The van der Waals surface area contributed by atoms with Gasteiger partial charge in [-0.1, -0.05) is 11.8 Å². The van der Waals surface area contributed by atoms with Gasteiger partial charge < -0.3 is 10.5 Å². The van der Waals surface area contributed by atoms with E-state index in [1.165, 1.54) is 24.9 Å². The molecule has 3 N–H and O–H groups in total. The second-order valence-corrected chi connectivity index (χ2v) is 6.66. The lowest BCUT2D eigenvalue weighted by atomic mass is 10.1. The smallest absolute Gasteiger partial charge is 0.280 e. The molecule has 1 amide bonds. The maximum Gasteiger partial charge on any atom is 0.280 e. The van der Waals surface area contributed by atoms with Crippen molar-refractivity contribution in [1.82, 2.24) is 25.4 Å². The van der Waals surface area contributed by atoms with Gasteiger partial charge in [0.2, 0.25) is 0 Å². The van der Waals surface area contributed by atoms with E-state index < -0.39 is 12.3 Å². The minimum Gasteiger partial charge on any atom is -0.496 e. The first-order chi connectivity index (χ1) is 13.4. The van der Waals surface area contributed by atoms with E-state index in [0.717, 1.165) is 5.56 Å². The quantitative estimate of drug-likeness (QED) is 0.457. The van der Waals surface area contributed by atoms with Gasteiger partial charge in [-0.2, -0.15) is 15.4 Å². The number of benzene rings is 1. The minimum atomic E-state index is -2.67. The fourth-order valence-corrected chi connectivity index (χ4v) is 3.41. The van der Waals surface area contributed by atoms with Crippen molar-refractivity contribution in [1.29, 1.82) is 0 Å². The number of H-pyrrole nitrogens is 1. The molecule has 2 aromatic heterocycles. The summed E-state index contributed by atoms with van der Waals surface area (Å²) in [5, 5.41) is 10.3. The zero-order valence-corrected chi connectivity index (χ0v) is 15.8. The Balaban J connectivity index is 1.89. The van der Waals surface area contributed by atoms with Gasteiger partial charge in [0.05, 0.1) is 7.11 Å². The van der Waals surface area contributed by atoms with Gasteiger partial charge in [-0.05, 0) is 31.2 Å². The Hall–Kier alpha value is -3.08. The number of amides is 1. The van der Waals surface area contributed by atoms with Crippen LogP contribution in [0.25, 0.3) is 11.3 Å². The number of carbonyl (C=O) groups excluding carboxylic acids is 1. The van der Waals surface area contributed by atoms with Gasteiger partial charge in [-0.3, -0.25) is 4.79 Å². The van der Waals surface area contributed by atoms with Crippen LogP contribution in [0.15, 0.2) is 29.4 Å². The molecule has 0 saturated carbocycles. The van der Waals surface area contributed by atoms with Crippen molar-refractivity contribution in [3.63, 3.8) is 0 Å². The molecule has 1 aromatic carbocycles. The number of nitrogens with zero attached hydrogens (tertiary/aromatic N) is 4. The van der Waals surface area contributed by atoms with E-state index in [2.05, 4.69) is 25.4 Å². The molecule has 0 unspecified atom stereocenters. The van der Waals surface area contributed by atoms with Crippen LogP contribution < -0.4 is 10.5 Å². The Kier molecular flexibility index (Phi) is 5.83. The maximum absolute atomic E-state index is 12.9. The summed E-state index contributed by atoms with van der Waals surface area (Å²) < 4.78 is 31.3. The van der Waals surface area contributed by atoms with E-state index in [1.54, 1.807) is 25.1 Å². The third-order valence-corrected chi connectivity index (χ3v) is 4.67. The Labute approximate surface area is 162 Å². The fraction of sp³-hybridized carbons (Fsp3) is 0.235. The highest BCUT2D eigenvalue weighted by atomic mass is 32.2. The number of thioether (sulfide) groups is 1. The highest BCUT2D eigenvalue weighted by Gasteiger charge is 2.17. The standard InChI is InChI=1S/C17H16F2N6O2S/c1-8-5-11(15(18)19)22-17(21-8)28-7-10-6-9(3-4-12(10)27-2)13-14(16(20)26)24-25-23-13/h3-6,15H,7H2,1-2H3,(H2,20,26)(H,23,24,25). The molecule has 0 saturated heterocycles. The monoisotopic (exact) mass is 406 g/mol. The van der Waals surface area contributed by atoms with Gasteiger partial charge >= 0.3 is 0 Å². The van der Waals surface area contributed by atoms with Crippen molar-refractivity contribution in [2.75, 3.05) is 7.11 Å². The number of hydrogen-bond donors (Lipinski definition) is 2. The largest absolute Gasteiger partial charge is 0.496 e. The summed E-state index contributed by atoms with van der Waals surface area (Å²) in [5.74, 6) is 0.234. The Morgan fingerprint density at radius 2 is 2.07 bits per heavy atom. The number of aromatic amines is 1. The van der Waals surface area contributed by atoms with Crippen LogP contribution in [0.4, 0.5) is 8.78 Å². The second-order valence-electron chi connectivity index (χ2n) is 5.72. The molecule has 146 valence electrons. The number of alkyl halides is 2. The zero-order valence-electron chi connectivity index (χ0n) is 14.9. The number of primary amides is 1. The van der Waals surface area contributed by atoms with Crippen LogP contribution in [0.3, 0.4) is 0 Å². The van der Waals surface area contributed by atoms with E-state index in [1.807, 2.05) is 0 Å². The van der Waals surface area contributed by atoms with Crippen molar-refractivity contribution in [3.8, 4) is 17.0 Å². The summed E-state index contributed by atoms with van der Waals surface area (Å²) in [5.41, 5.74) is 7.14. The molecule has 11 heteroatoms. The molecule has 0 bridgehead atoms. The molecule has 0 aliphatic rings. The molecule has 0 aliphatic heterocycles. The van der Waals surface area contributed by atoms with Crippen molar-refractivity contribution in [2.24, 2.45) is 5.73 Å². The Morgan fingerprint density at radius 1 is 1.29 bits per heavy atom. The van der Waals surface area contributed by atoms with E-state index >= 15 is 0 Å². The second kappa shape index (κ2) is 8.30. The lowest BCUT2D eigenvalue weighted by Crippen LogP contribution is -2.12. The van der Waals surface area contributed by atoms with E-state index in [9.17, 15) is 13.6 Å². The number of carbonyl (C=O) groups is 1. The molecule has 3 aromatic rings. The fourth-order valence-electron chi connectivity index (χ4n) is 2.53. The van der Waals surface area contributed by atoms with E-state index in [-0.39, 0.29) is 16.5 Å². The molecule has 0 atom stereocenters. The van der Waals surface area contributed by atoms with Gasteiger partial charge in [-0.25, -0.2) is 18.7 Å².